The first-order chi connectivity index (χ1) is 8.52. The van der Waals surface area contributed by atoms with Gasteiger partial charge >= 0.3 is 0 Å². The SMILES string of the molecule is CCCNC(c1c(Cl)cnn1C)C(OC)C(C)C. The monoisotopic (exact) mass is 273 g/mol. The largest absolute Gasteiger partial charge is 0.379 e. The van der Waals surface area contributed by atoms with Gasteiger partial charge in [0.1, 0.15) is 0 Å². The number of ether oxygens (including phenoxy) is 1. The summed E-state index contributed by atoms with van der Waals surface area (Å²) >= 11 is 6.25. The molecule has 1 N–H and O–H groups in total. The van der Waals surface area contributed by atoms with Crippen LogP contribution in [0.5, 0.6) is 0 Å². The lowest BCUT2D eigenvalue weighted by Crippen LogP contribution is -2.38. The maximum Gasteiger partial charge on any atom is 0.0835 e. The van der Waals surface area contributed by atoms with Crippen molar-refractivity contribution in [3.8, 4) is 0 Å². The Morgan fingerprint density at radius 3 is 2.56 bits per heavy atom. The molecule has 0 saturated heterocycles. The third-order valence-corrected chi connectivity index (χ3v) is 3.40. The van der Waals surface area contributed by atoms with Crippen LogP contribution in [-0.4, -0.2) is 29.5 Å². The molecular formula is C13H24ClN3O. The number of aryl methyl sites for hydroxylation is 1. The molecule has 1 rings (SSSR count). The van der Waals surface area contributed by atoms with E-state index in [-0.39, 0.29) is 12.1 Å². The molecule has 0 fully saturated rings. The smallest absolute Gasteiger partial charge is 0.0835 e. The number of nitrogens with zero attached hydrogens (tertiary/aromatic N) is 2. The van der Waals surface area contributed by atoms with Crippen molar-refractivity contribution in [3.63, 3.8) is 0 Å². The van der Waals surface area contributed by atoms with Gasteiger partial charge in [0.15, 0.2) is 0 Å². The topological polar surface area (TPSA) is 39.1 Å². The van der Waals surface area contributed by atoms with Gasteiger partial charge in [-0.3, -0.25) is 4.68 Å². The Kier molecular flexibility index (Phi) is 6.12. The van der Waals surface area contributed by atoms with E-state index < -0.39 is 0 Å². The summed E-state index contributed by atoms with van der Waals surface area (Å²) in [5, 5.41) is 8.41. The predicted molar refractivity (Wildman–Crippen MR) is 74.9 cm³/mol. The number of nitrogens with one attached hydrogen (secondary N) is 1. The standard InChI is InChI=1S/C13H24ClN3O/c1-6-7-15-11(13(18-5)9(2)3)12-10(14)8-16-17(12)4/h8-9,11,13,15H,6-7H2,1-5H3. The van der Waals surface area contributed by atoms with Gasteiger partial charge in [-0.25, -0.2) is 0 Å². The fraction of sp³-hybridized carbons (Fsp3) is 0.769. The number of hydrogen-bond donors (Lipinski definition) is 1. The Labute approximate surface area is 115 Å². The lowest BCUT2D eigenvalue weighted by molar-refractivity contribution is 0.0304. The van der Waals surface area contributed by atoms with E-state index in [1.54, 1.807) is 13.3 Å². The highest BCUT2D eigenvalue weighted by Crippen LogP contribution is 2.29. The van der Waals surface area contributed by atoms with Gasteiger partial charge in [0.2, 0.25) is 0 Å². The number of aromatic nitrogens is 2. The summed E-state index contributed by atoms with van der Waals surface area (Å²) in [5.74, 6) is 0.398. The average Bonchev–Trinajstić information content (AvgIpc) is 2.64. The molecule has 1 aromatic rings. The van der Waals surface area contributed by atoms with E-state index in [0.717, 1.165) is 18.7 Å². The van der Waals surface area contributed by atoms with Crippen LogP contribution in [0.15, 0.2) is 6.20 Å². The molecular weight excluding hydrogens is 250 g/mol. The fourth-order valence-corrected chi connectivity index (χ4v) is 2.51. The van der Waals surface area contributed by atoms with Crippen LogP contribution in [0.1, 0.15) is 38.9 Å². The second-order valence-electron chi connectivity index (χ2n) is 4.88. The third kappa shape index (κ3) is 3.46. The molecule has 1 aromatic heterocycles. The number of rotatable bonds is 7. The van der Waals surface area contributed by atoms with Crippen molar-refractivity contribution in [2.75, 3.05) is 13.7 Å². The molecule has 18 heavy (non-hydrogen) atoms. The first-order valence-corrected chi connectivity index (χ1v) is 6.84. The van der Waals surface area contributed by atoms with Gasteiger partial charge in [0.25, 0.3) is 0 Å². The summed E-state index contributed by atoms with van der Waals surface area (Å²) in [6.45, 7) is 7.38. The zero-order valence-electron chi connectivity index (χ0n) is 11.9. The number of halogens is 1. The Balaban J connectivity index is 3.04. The lowest BCUT2D eigenvalue weighted by Gasteiger charge is -2.30. The Bertz CT molecular complexity index is 346. The van der Waals surface area contributed by atoms with Gasteiger partial charge in [-0.15, -0.1) is 0 Å². The van der Waals surface area contributed by atoms with Gasteiger partial charge in [-0.05, 0) is 18.9 Å². The molecule has 0 aliphatic heterocycles. The molecule has 4 nitrogen and oxygen atoms in total. The molecule has 0 aliphatic carbocycles. The molecule has 104 valence electrons. The van der Waals surface area contributed by atoms with E-state index in [1.165, 1.54) is 0 Å². The van der Waals surface area contributed by atoms with Gasteiger partial charge in [-0.1, -0.05) is 32.4 Å². The van der Waals surface area contributed by atoms with E-state index in [1.807, 2.05) is 11.7 Å². The molecule has 2 unspecified atom stereocenters. The van der Waals surface area contributed by atoms with Crippen LogP contribution in [0.3, 0.4) is 0 Å². The van der Waals surface area contributed by atoms with Crippen LogP contribution < -0.4 is 5.32 Å². The van der Waals surface area contributed by atoms with Crippen molar-refractivity contribution >= 4 is 11.6 Å². The van der Waals surface area contributed by atoms with Gasteiger partial charge in [-0.2, -0.15) is 5.10 Å². The second kappa shape index (κ2) is 7.12. The van der Waals surface area contributed by atoms with Crippen molar-refractivity contribution in [1.29, 1.82) is 0 Å². The Morgan fingerprint density at radius 2 is 2.17 bits per heavy atom. The van der Waals surface area contributed by atoms with Gasteiger partial charge in [0.05, 0.1) is 29.1 Å². The maximum atomic E-state index is 6.25. The fourth-order valence-electron chi connectivity index (χ4n) is 2.23. The minimum absolute atomic E-state index is 0.0648. The highest BCUT2D eigenvalue weighted by atomic mass is 35.5. The summed E-state index contributed by atoms with van der Waals surface area (Å²) in [6, 6.07) is 0.0648. The minimum atomic E-state index is 0.0648. The average molecular weight is 274 g/mol. The second-order valence-corrected chi connectivity index (χ2v) is 5.28. The van der Waals surface area contributed by atoms with Crippen molar-refractivity contribution in [2.45, 2.75) is 39.3 Å². The molecule has 1 heterocycles. The van der Waals surface area contributed by atoms with Crippen LogP contribution in [0.25, 0.3) is 0 Å². The van der Waals surface area contributed by atoms with Crippen molar-refractivity contribution in [3.05, 3.63) is 16.9 Å². The summed E-state index contributed by atoms with van der Waals surface area (Å²) in [7, 11) is 3.66. The van der Waals surface area contributed by atoms with E-state index in [9.17, 15) is 0 Å². The normalized spacial score (nSPS) is 15.1. The molecule has 5 heteroatoms. The summed E-state index contributed by atoms with van der Waals surface area (Å²) in [4.78, 5) is 0. The van der Waals surface area contributed by atoms with E-state index >= 15 is 0 Å². The highest BCUT2D eigenvalue weighted by molar-refractivity contribution is 6.31. The van der Waals surface area contributed by atoms with Crippen molar-refractivity contribution in [2.24, 2.45) is 13.0 Å². The molecule has 0 aromatic carbocycles. The van der Waals surface area contributed by atoms with E-state index in [4.69, 9.17) is 16.3 Å². The first kappa shape index (κ1) is 15.5. The van der Waals surface area contributed by atoms with Crippen LogP contribution in [-0.2, 0) is 11.8 Å². The van der Waals surface area contributed by atoms with Gasteiger partial charge < -0.3 is 10.1 Å². The molecule has 0 amide bonds. The molecule has 0 aliphatic rings. The molecule has 0 bridgehead atoms. The van der Waals surface area contributed by atoms with Crippen LogP contribution in [0.2, 0.25) is 5.02 Å². The minimum Gasteiger partial charge on any atom is -0.379 e. The number of methoxy groups -OCH3 is 1. The molecule has 0 radical (unpaired) electrons. The first-order valence-electron chi connectivity index (χ1n) is 6.46. The zero-order chi connectivity index (χ0) is 13.7. The molecule has 0 saturated carbocycles. The van der Waals surface area contributed by atoms with Crippen LogP contribution >= 0.6 is 11.6 Å². The molecule has 0 spiro atoms. The van der Waals surface area contributed by atoms with Crippen molar-refractivity contribution < 1.29 is 4.74 Å². The summed E-state index contributed by atoms with van der Waals surface area (Å²) in [5.41, 5.74) is 0.991. The highest BCUT2D eigenvalue weighted by Gasteiger charge is 2.29. The number of hydrogen-bond acceptors (Lipinski definition) is 3. The Hall–Kier alpha value is -0.580. The lowest BCUT2D eigenvalue weighted by atomic mass is 9.96. The Morgan fingerprint density at radius 1 is 1.50 bits per heavy atom. The molecule has 2 atom stereocenters. The van der Waals surface area contributed by atoms with Gasteiger partial charge in [0, 0.05) is 14.2 Å². The quantitative estimate of drug-likeness (QED) is 0.830. The summed E-state index contributed by atoms with van der Waals surface area (Å²) < 4.78 is 7.47. The maximum absolute atomic E-state index is 6.25. The van der Waals surface area contributed by atoms with E-state index in [2.05, 4.69) is 31.2 Å². The van der Waals surface area contributed by atoms with Crippen LogP contribution in [0, 0.1) is 5.92 Å². The van der Waals surface area contributed by atoms with Crippen molar-refractivity contribution in [1.82, 2.24) is 15.1 Å². The van der Waals surface area contributed by atoms with E-state index in [0.29, 0.717) is 10.9 Å². The third-order valence-electron chi connectivity index (χ3n) is 3.10. The predicted octanol–water partition coefficient (Wildman–Crippen LogP) is 2.79. The van der Waals surface area contributed by atoms with Crippen LogP contribution in [0.4, 0.5) is 0 Å². The summed E-state index contributed by atoms with van der Waals surface area (Å²) in [6.07, 6.45) is 2.83. The zero-order valence-corrected chi connectivity index (χ0v) is 12.7.